The Bertz CT molecular complexity index is 632. The fourth-order valence-electron chi connectivity index (χ4n) is 1.45. The maximum atomic E-state index is 13.6. The van der Waals surface area contributed by atoms with Gasteiger partial charge >= 0.3 is 0 Å². The Morgan fingerprint density at radius 2 is 2.32 bits per heavy atom. The van der Waals surface area contributed by atoms with Crippen molar-refractivity contribution < 1.29 is 14.1 Å². The van der Waals surface area contributed by atoms with Gasteiger partial charge in [-0.25, -0.2) is 9.37 Å². The summed E-state index contributed by atoms with van der Waals surface area (Å²) in [5, 5.41) is 10.6. The van der Waals surface area contributed by atoms with Gasteiger partial charge in [0.15, 0.2) is 16.0 Å². The molecule has 2 rings (SSSR count). The second kappa shape index (κ2) is 5.50. The number of nitro benzene ring substituents is 1. The molecule has 0 aliphatic rings. The molecule has 100 valence electrons. The Morgan fingerprint density at radius 1 is 1.58 bits per heavy atom. The third-order valence-corrected chi connectivity index (χ3v) is 3.43. The summed E-state index contributed by atoms with van der Waals surface area (Å²) in [6.07, 6.45) is 1.53. The predicted molar refractivity (Wildman–Crippen MR) is 69.2 cm³/mol. The normalized spacial score (nSPS) is 10.5. The quantitative estimate of drug-likeness (QED) is 0.637. The van der Waals surface area contributed by atoms with Crippen LogP contribution in [0.3, 0.4) is 0 Å². The second-order valence-corrected chi connectivity index (χ2v) is 5.39. The first-order valence-corrected chi connectivity index (χ1v) is 6.34. The van der Waals surface area contributed by atoms with Crippen LogP contribution in [0.15, 0.2) is 18.3 Å². The molecule has 1 aromatic carbocycles. The largest absolute Gasteiger partial charge is 0.485 e. The number of benzene rings is 1. The summed E-state index contributed by atoms with van der Waals surface area (Å²) < 4.78 is 19.3. The Morgan fingerprint density at radius 3 is 2.89 bits per heavy atom. The number of nitrogens with zero attached hydrogens (tertiary/aromatic N) is 2. The van der Waals surface area contributed by atoms with Gasteiger partial charge < -0.3 is 4.74 Å². The lowest BCUT2D eigenvalue weighted by atomic mass is 10.2. The molecule has 0 spiro atoms. The van der Waals surface area contributed by atoms with Crippen LogP contribution in [0, 0.1) is 22.9 Å². The van der Waals surface area contributed by atoms with Crippen LogP contribution in [0.1, 0.15) is 10.4 Å². The highest BCUT2D eigenvalue weighted by molar-refractivity contribution is 7.15. The van der Waals surface area contributed by atoms with Gasteiger partial charge in [0.1, 0.15) is 6.61 Å². The first-order valence-electron chi connectivity index (χ1n) is 5.15. The van der Waals surface area contributed by atoms with E-state index < -0.39 is 10.7 Å². The third kappa shape index (κ3) is 3.18. The molecule has 8 heteroatoms. The van der Waals surface area contributed by atoms with Crippen molar-refractivity contribution in [1.82, 2.24) is 4.98 Å². The first kappa shape index (κ1) is 13.7. The molecule has 0 saturated carbocycles. The van der Waals surface area contributed by atoms with Crippen LogP contribution in [0.25, 0.3) is 0 Å². The molecule has 0 N–H and O–H groups in total. The van der Waals surface area contributed by atoms with Crippen molar-refractivity contribution in [1.29, 1.82) is 0 Å². The number of nitro groups is 1. The molecule has 2 aromatic rings. The lowest BCUT2D eigenvalue weighted by Gasteiger charge is -2.07. The van der Waals surface area contributed by atoms with Crippen LogP contribution >= 0.6 is 22.9 Å². The van der Waals surface area contributed by atoms with Crippen LogP contribution in [0.5, 0.6) is 5.75 Å². The highest BCUT2D eigenvalue weighted by Crippen LogP contribution is 2.28. The SMILES string of the molecule is Cc1cc(OCc2cnc(Cl)s2)c(F)cc1[N+](=O)[O-]. The van der Waals surface area contributed by atoms with E-state index in [0.29, 0.717) is 10.0 Å². The van der Waals surface area contributed by atoms with Gasteiger partial charge in [-0.15, -0.1) is 11.3 Å². The van der Waals surface area contributed by atoms with Gasteiger partial charge in [-0.05, 0) is 13.0 Å². The molecular formula is C11H8ClFN2O3S. The van der Waals surface area contributed by atoms with Gasteiger partial charge in [0.25, 0.3) is 5.69 Å². The van der Waals surface area contributed by atoms with E-state index in [1.165, 1.54) is 30.5 Å². The van der Waals surface area contributed by atoms with Crippen LogP contribution < -0.4 is 4.74 Å². The summed E-state index contributed by atoms with van der Waals surface area (Å²) >= 11 is 6.88. The molecule has 1 aromatic heterocycles. The average molecular weight is 303 g/mol. The lowest BCUT2D eigenvalue weighted by molar-refractivity contribution is -0.385. The lowest BCUT2D eigenvalue weighted by Crippen LogP contribution is -1.99. The molecule has 5 nitrogen and oxygen atoms in total. The zero-order chi connectivity index (χ0) is 14.0. The Hall–Kier alpha value is -1.73. The van der Waals surface area contributed by atoms with E-state index in [0.717, 1.165) is 10.9 Å². The van der Waals surface area contributed by atoms with Crippen molar-refractivity contribution in [2.45, 2.75) is 13.5 Å². The van der Waals surface area contributed by atoms with Crippen molar-refractivity contribution in [3.63, 3.8) is 0 Å². The van der Waals surface area contributed by atoms with Gasteiger partial charge in [0.2, 0.25) is 0 Å². The Labute approximate surface area is 116 Å². The number of thiazole rings is 1. The fourth-order valence-corrected chi connectivity index (χ4v) is 2.34. The van der Waals surface area contributed by atoms with Crippen LogP contribution in [-0.4, -0.2) is 9.91 Å². The predicted octanol–water partition coefficient (Wildman–Crippen LogP) is 3.73. The minimum atomic E-state index is -0.770. The summed E-state index contributed by atoms with van der Waals surface area (Å²) in [7, 11) is 0. The molecule has 0 aliphatic heterocycles. The number of ether oxygens (including phenoxy) is 1. The van der Waals surface area contributed by atoms with Crippen molar-refractivity contribution in [3.05, 3.63) is 49.2 Å². The monoisotopic (exact) mass is 302 g/mol. The van der Waals surface area contributed by atoms with E-state index in [1.54, 1.807) is 0 Å². The van der Waals surface area contributed by atoms with Crippen molar-refractivity contribution >= 4 is 28.6 Å². The van der Waals surface area contributed by atoms with E-state index in [9.17, 15) is 14.5 Å². The molecule has 19 heavy (non-hydrogen) atoms. The zero-order valence-corrected chi connectivity index (χ0v) is 11.3. The molecule has 0 radical (unpaired) electrons. The summed E-state index contributed by atoms with van der Waals surface area (Å²) in [6.45, 7) is 1.63. The standard InChI is InChI=1S/C11H8ClFN2O3S/c1-6-2-10(8(13)3-9(6)15(16)17)18-5-7-4-14-11(12)19-7/h2-4H,5H2,1H3. The molecule has 1 heterocycles. The van der Waals surface area contributed by atoms with Crippen molar-refractivity contribution in [2.75, 3.05) is 0 Å². The topological polar surface area (TPSA) is 65.3 Å². The van der Waals surface area contributed by atoms with Crippen LogP contribution in [0.2, 0.25) is 4.47 Å². The number of aromatic nitrogens is 1. The highest BCUT2D eigenvalue weighted by Gasteiger charge is 2.16. The third-order valence-electron chi connectivity index (χ3n) is 2.34. The van der Waals surface area contributed by atoms with Gasteiger partial charge in [-0.1, -0.05) is 11.6 Å². The number of hydrogen-bond donors (Lipinski definition) is 0. The number of halogens is 2. The number of aryl methyl sites for hydroxylation is 1. The van der Waals surface area contributed by atoms with E-state index in [1.807, 2.05) is 0 Å². The van der Waals surface area contributed by atoms with E-state index >= 15 is 0 Å². The van der Waals surface area contributed by atoms with Crippen LogP contribution in [0.4, 0.5) is 10.1 Å². The van der Waals surface area contributed by atoms with Gasteiger partial charge in [-0.2, -0.15) is 0 Å². The van der Waals surface area contributed by atoms with Crippen LogP contribution in [-0.2, 0) is 6.61 Å². The summed E-state index contributed by atoms with van der Waals surface area (Å²) in [6, 6.07) is 2.15. The first-order chi connectivity index (χ1) is 8.97. The minimum Gasteiger partial charge on any atom is -0.485 e. The summed E-state index contributed by atoms with van der Waals surface area (Å²) in [4.78, 5) is 14.6. The summed E-state index contributed by atoms with van der Waals surface area (Å²) in [5.41, 5.74) is 0.0643. The summed E-state index contributed by atoms with van der Waals surface area (Å²) in [5.74, 6) is -0.805. The maximum absolute atomic E-state index is 13.6. The molecular weight excluding hydrogens is 295 g/mol. The average Bonchev–Trinajstić information content (AvgIpc) is 2.75. The molecule has 0 bridgehead atoms. The number of rotatable bonds is 4. The maximum Gasteiger partial charge on any atom is 0.275 e. The highest BCUT2D eigenvalue weighted by atomic mass is 35.5. The van der Waals surface area contributed by atoms with E-state index in [4.69, 9.17) is 16.3 Å². The van der Waals surface area contributed by atoms with Crippen molar-refractivity contribution in [3.8, 4) is 5.75 Å². The van der Waals surface area contributed by atoms with Gasteiger partial charge in [0, 0.05) is 11.8 Å². The van der Waals surface area contributed by atoms with Crippen molar-refractivity contribution in [2.24, 2.45) is 0 Å². The molecule has 0 amide bonds. The fraction of sp³-hybridized carbons (Fsp3) is 0.182. The van der Waals surface area contributed by atoms with Gasteiger partial charge in [-0.3, -0.25) is 10.1 Å². The van der Waals surface area contributed by atoms with E-state index in [-0.39, 0.29) is 18.0 Å². The second-order valence-electron chi connectivity index (χ2n) is 3.69. The van der Waals surface area contributed by atoms with Gasteiger partial charge in [0.05, 0.1) is 15.9 Å². The molecule has 0 saturated heterocycles. The molecule has 0 fully saturated rings. The Kier molecular flexibility index (Phi) is 3.96. The van der Waals surface area contributed by atoms with E-state index in [2.05, 4.69) is 4.98 Å². The minimum absolute atomic E-state index is 0.0346. The molecule has 0 unspecified atom stereocenters. The molecule has 0 aliphatic carbocycles. The Balaban J connectivity index is 2.17. The molecule has 0 atom stereocenters. The number of hydrogen-bond acceptors (Lipinski definition) is 5. The zero-order valence-electron chi connectivity index (χ0n) is 9.72. The smallest absolute Gasteiger partial charge is 0.275 e.